The van der Waals surface area contributed by atoms with Crippen molar-refractivity contribution in [2.24, 2.45) is 0 Å². The Balaban J connectivity index is 1.27. The molecule has 4 aromatic rings. The van der Waals surface area contributed by atoms with E-state index in [4.69, 9.17) is 28.1 Å². The van der Waals surface area contributed by atoms with Crippen molar-refractivity contribution < 1.29 is 37.8 Å². The van der Waals surface area contributed by atoms with E-state index in [0.717, 1.165) is 0 Å². The number of ether oxygens (including phenoxy) is 5. The largest absolute Gasteiger partial charge is 0.493 e. The number of carbonyl (C=O) groups is 1. The second-order valence-corrected chi connectivity index (χ2v) is 7.75. The van der Waals surface area contributed by atoms with Gasteiger partial charge in [0.15, 0.2) is 28.8 Å². The van der Waals surface area contributed by atoms with Gasteiger partial charge < -0.3 is 33.4 Å². The number of anilines is 1. The van der Waals surface area contributed by atoms with Crippen LogP contribution in [0.2, 0.25) is 0 Å². The molecular weight excluding hydrogens is 484 g/mol. The standard InChI is InChI=1S/C26H20N2O9/c1-32-21-4-2-3-5-23(21)37-20-11-16(10-17(12-20)28(30)31)27-26(29)24-9-7-19(36-24)14-33-18-6-8-22-25(13-18)35-15-34-22/h2-13H,14-15H2,1H3,(H,27,29). The second-order valence-electron chi connectivity index (χ2n) is 7.75. The highest BCUT2D eigenvalue weighted by Gasteiger charge is 2.18. The average molecular weight is 504 g/mol. The minimum Gasteiger partial charge on any atom is -0.493 e. The third kappa shape index (κ3) is 5.40. The Kier molecular flexibility index (Phi) is 6.49. The predicted molar refractivity (Wildman–Crippen MR) is 130 cm³/mol. The lowest BCUT2D eigenvalue weighted by Crippen LogP contribution is -2.11. The Labute approximate surface area is 210 Å². The Bertz CT molecular complexity index is 1460. The fraction of sp³-hybridized carbons (Fsp3) is 0.115. The number of nitrogens with zero attached hydrogens (tertiary/aromatic N) is 1. The maximum atomic E-state index is 12.8. The molecular formula is C26H20N2O9. The number of nitro groups is 1. The lowest BCUT2D eigenvalue weighted by atomic mass is 10.2. The van der Waals surface area contributed by atoms with Gasteiger partial charge in [0.25, 0.3) is 11.6 Å². The van der Waals surface area contributed by atoms with E-state index in [1.807, 2.05) is 0 Å². The van der Waals surface area contributed by atoms with Gasteiger partial charge in [-0.3, -0.25) is 14.9 Å². The highest BCUT2D eigenvalue weighted by Crippen LogP contribution is 2.36. The summed E-state index contributed by atoms with van der Waals surface area (Å²) in [6, 6.07) is 19.1. The van der Waals surface area contributed by atoms with E-state index in [-0.39, 0.29) is 36.3 Å². The summed E-state index contributed by atoms with van der Waals surface area (Å²) in [6.07, 6.45) is 0. The third-order valence-electron chi connectivity index (χ3n) is 5.27. The van der Waals surface area contributed by atoms with E-state index in [1.165, 1.54) is 31.4 Å². The van der Waals surface area contributed by atoms with Gasteiger partial charge in [-0.05, 0) is 36.4 Å². The number of hydrogen-bond acceptors (Lipinski definition) is 9. The van der Waals surface area contributed by atoms with Crippen LogP contribution in [0.5, 0.6) is 34.5 Å². The van der Waals surface area contributed by atoms with E-state index in [9.17, 15) is 14.9 Å². The van der Waals surface area contributed by atoms with Crippen LogP contribution in [-0.2, 0) is 6.61 Å². The second kappa shape index (κ2) is 10.2. The molecule has 0 fully saturated rings. The van der Waals surface area contributed by atoms with Crippen molar-refractivity contribution in [3.63, 3.8) is 0 Å². The summed E-state index contributed by atoms with van der Waals surface area (Å²) < 4.78 is 32.9. The highest BCUT2D eigenvalue weighted by molar-refractivity contribution is 6.02. The summed E-state index contributed by atoms with van der Waals surface area (Å²) in [5.74, 6) is 2.54. The highest BCUT2D eigenvalue weighted by atomic mass is 16.7. The van der Waals surface area contributed by atoms with Gasteiger partial charge in [0.2, 0.25) is 6.79 Å². The van der Waals surface area contributed by atoms with Gasteiger partial charge >= 0.3 is 0 Å². The molecule has 0 spiro atoms. The number of carbonyl (C=O) groups excluding carboxylic acids is 1. The summed E-state index contributed by atoms with van der Waals surface area (Å²) in [5, 5.41) is 14.1. The van der Waals surface area contributed by atoms with Crippen molar-refractivity contribution >= 4 is 17.3 Å². The zero-order valence-electron chi connectivity index (χ0n) is 19.5. The number of nitrogens with one attached hydrogen (secondary N) is 1. The number of amides is 1. The number of rotatable bonds is 9. The van der Waals surface area contributed by atoms with Crippen LogP contribution in [0.25, 0.3) is 0 Å². The molecule has 0 atom stereocenters. The first-order valence-corrected chi connectivity index (χ1v) is 11.0. The minimum atomic E-state index is -0.599. The summed E-state index contributed by atoms with van der Waals surface area (Å²) in [5.41, 5.74) is -0.112. The van der Waals surface area contributed by atoms with E-state index < -0.39 is 10.8 Å². The van der Waals surface area contributed by atoms with Crippen LogP contribution < -0.4 is 29.0 Å². The number of hydrogen-bond donors (Lipinski definition) is 1. The molecule has 5 rings (SSSR count). The average Bonchev–Trinajstić information content (AvgIpc) is 3.57. The summed E-state index contributed by atoms with van der Waals surface area (Å²) >= 11 is 0. The molecule has 0 unspecified atom stereocenters. The molecule has 1 aliphatic heterocycles. The van der Waals surface area contributed by atoms with Gasteiger partial charge in [-0.25, -0.2) is 0 Å². The van der Waals surface area contributed by atoms with E-state index in [2.05, 4.69) is 5.32 Å². The molecule has 37 heavy (non-hydrogen) atoms. The van der Waals surface area contributed by atoms with Crippen LogP contribution >= 0.6 is 0 Å². The number of non-ortho nitro benzene ring substituents is 1. The lowest BCUT2D eigenvalue weighted by Gasteiger charge is -2.11. The van der Waals surface area contributed by atoms with Gasteiger partial charge in [0, 0.05) is 18.2 Å². The van der Waals surface area contributed by atoms with Crippen molar-refractivity contribution in [1.29, 1.82) is 0 Å². The number of nitro benzene ring substituents is 1. The van der Waals surface area contributed by atoms with E-state index in [0.29, 0.717) is 34.5 Å². The fourth-order valence-corrected chi connectivity index (χ4v) is 3.54. The zero-order chi connectivity index (χ0) is 25.8. The molecule has 2 heterocycles. The van der Waals surface area contributed by atoms with Crippen LogP contribution in [0.3, 0.4) is 0 Å². The number of para-hydroxylation sites is 2. The fourth-order valence-electron chi connectivity index (χ4n) is 3.54. The van der Waals surface area contributed by atoms with Crippen LogP contribution in [0.15, 0.2) is 77.2 Å². The normalized spacial score (nSPS) is 11.6. The molecule has 11 heteroatoms. The van der Waals surface area contributed by atoms with Gasteiger partial charge in [-0.15, -0.1) is 0 Å². The SMILES string of the molecule is COc1ccccc1Oc1cc(NC(=O)c2ccc(COc3ccc4c(c3)OCO4)o2)cc([N+](=O)[O-])c1. The molecule has 1 aromatic heterocycles. The molecule has 0 bridgehead atoms. The van der Waals surface area contributed by atoms with Crippen LogP contribution in [0.1, 0.15) is 16.3 Å². The van der Waals surface area contributed by atoms with Crippen molar-refractivity contribution in [2.45, 2.75) is 6.61 Å². The molecule has 0 saturated carbocycles. The van der Waals surface area contributed by atoms with Crippen molar-refractivity contribution in [1.82, 2.24) is 0 Å². The van der Waals surface area contributed by atoms with Gasteiger partial charge in [-0.1, -0.05) is 12.1 Å². The quantitative estimate of drug-likeness (QED) is 0.230. The molecule has 188 valence electrons. The van der Waals surface area contributed by atoms with E-state index >= 15 is 0 Å². The smallest absolute Gasteiger partial charge is 0.291 e. The molecule has 0 saturated heterocycles. The predicted octanol–water partition coefficient (Wildman–Crippen LogP) is 5.55. The Morgan fingerprint density at radius 1 is 0.973 bits per heavy atom. The molecule has 3 aromatic carbocycles. The van der Waals surface area contributed by atoms with Crippen molar-refractivity contribution in [3.8, 4) is 34.5 Å². The summed E-state index contributed by atoms with van der Waals surface area (Å²) in [6.45, 7) is 0.231. The third-order valence-corrected chi connectivity index (χ3v) is 5.27. The summed E-state index contributed by atoms with van der Waals surface area (Å²) in [7, 11) is 1.49. The first-order valence-electron chi connectivity index (χ1n) is 11.0. The Morgan fingerprint density at radius 3 is 2.59 bits per heavy atom. The molecule has 1 aliphatic rings. The zero-order valence-corrected chi connectivity index (χ0v) is 19.5. The lowest BCUT2D eigenvalue weighted by molar-refractivity contribution is -0.384. The van der Waals surface area contributed by atoms with Crippen molar-refractivity contribution in [2.75, 3.05) is 19.2 Å². The maximum Gasteiger partial charge on any atom is 0.291 e. The topological polar surface area (TPSA) is 132 Å². The Morgan fingerprint density at radius 2 is 1.78 bits per heavy atom. The minimum absolute atomic E-state index is 0.00277. The van der Waals surface area contributed by atoms with Gasteiger partial charge in [0.05, 0.1) is 23.8 Å². The van der Waals surface area contributed by atoms with Gasteiger partial charge in [-0.2, -0.15) is 0 Å². The molecule has 0 aliphatic carbocycles. The molecule has 1 N–H and O–H groups in total. The first-order chi connectivity index (χ1) is 18.0. The molecule has 1 amide bonds. The summed E-state index contributed by atoms with van der Waals surface area (Å²) in [4.78, 5) is 23.7. The maximum absolute atomic E-state index is 12.8. The van der Waals surface area contributed by atoms with Crippen molar-refractivity contribution in [3.05, 3.63) is 94.4 Å². The van der Waals surface area contributed by atoms with Crippen LogP contribution in [0, 0.1) is 10.1 Å². The monoisotopic (exact) mass is 504 g/mol. The number of benzene rings is 3. The van der Waals surface area contributed by atoms with E-state index in [1.54, 1.807) is 48.5 Å². The van der Waals surface area contributed by atoms with Gasteiger partial charge in [0.1, 0.15) is 23.9 Å². The van der Waals surface area contributed by atoms with Crippen LogP contribution in [-0.4, -0.2) is 24.7 Å². The van der Waals surface area contributed by atoms with Crippen LogP contribution in [0.4, 0.5) is 11.4 Å². The first kappa shape index (κ1) is 23.5. The number of fused-ring (bicyclic) bond motifs is 1. The Hall–Kier alpha value is -5.19. The molecule has 0 radical (unpaired) electrons. The number of furan rings is 1. The molecule has 11 nitrogen and oxygen atoms in total. The number of methoxy groups -OCH3 is 1.